The van der Waals surface area contributed by atoms with Crippen molar-refractivity contribution >= 4 is 99.5 Å². The average Bonchev–Trinajstić information content (AvgIpc) is 4.17. The van der Waals surface area contributed by atoms with Gasteiger partial charge in [0.2, 0.25) is 0 Å². The summed E-state index contributed by atoms with van der Waals surface area (Å²) in [5.74, 6) is 0. The molecule has 0 saturated heterocycles. The van der Waals surface area contributed by atoms with Crippen molar-refractivity contribution in [2.24, 2.45) is 0 Å². The predicted molar refractivity (Wildman–Crippen MR) is 342 cm³/mol. The first-order valence-corrected chi connectivity index (χ1v) is 28.2. The molecule has 0 amide bonds. The van der Waals surface area contributed by atoms with Gasteiger partial charge in [-0.25, -0.2) is 0 Å². The van der Waals surface area contributed by atoms with Crippen molar-refractivity contribution in [3.05, 3.63) is 239 Å². The zero-order chi connectivity index (χ0) is 55.5. The van der Waals surface area contributed by atoms with Crippen molar-refractivity contribution in [2.45, 2.75) is 93.9 Å². The van der Waals surface area contributed by atoms with Crippen LogP contribution in [0.2, 0.25) is 0 Å². The maximum absolute atomic E-state index is 7.32. The summed E-state index contributed by atoms with van der Waals surface area (Å²) in [6.45, 7) is 27.0. The quantitative estimate of drug-likeness (QED) is 0.152. The molecule has 0 bridgehead atoms. The van der Waals surface area contributed by atoms with E-state index in [2.05, 4.69) is 287 Å². The number of hydrogen-bond acceptors (Lipinski definition) is 4. The molecular formula is C76H68N2O2. The van der Waals surface area contributed by atoms with E-state index in [1.165, 1.54) is 44.5 Å². The molecule has 0 aliphatic heterocycles. The lowest BCUT2D eigenvalue weighted by Crippen LogP contribution is -2.14. The lowest BCUT2D eigenvalue weighted by molar-refractivity contribution is 0.590. The second-order valence-corrected chi connectivity index (χ2v) is 24.5. The minimum Gasteiger partial charge on any atom is -0.452 e. The van der Waals surface area contributed by atoms with Gasteiger partial charge in [-0.3, -0.25) is 0 Å². The molecule has 11 aromatic carbocycles. The SMILES string of the molecule is Cc1cc(N(c2cccc(C(C)(C)C)c2)c2ccc3cc4c(cc3c2)oc2c3oc5cc6cc(N(c7cccc(C(C)(C)C)c7)c7cc(C)c(C)c(C)c7)ccc6cc5c3c(-c3ccccc3)c(-c3ccccc3)c42)cc(C)c1C. The Morgan fingerprint density at radius 3 is 1.04 bits per heavy atom. The van der Waals surface area contributed by atoms with Gasteiger partial charge in [0.1, 0.15) is 11.2 Å². The van der Waals surface area contributed by atoms with E-state index in [0.29, 0.717) is 0 Å². The summed E-state index contributed by atoms with van der Waals surface area (Å²) in [5, 5.41) is 8.62. The second-order valence-electron chi connectivity index (χ2n) is 24.5. The topological polar surface area (TPSA) is 32.8 Å². The number of hydrogen-bond donors (Lipinski definition) is 0. The van der Waals surface area contributed by atoms with Gasteiger partial charge in [0.05, 0.1) is 0 Å². The van der Waals surface area contributed by atoms with Crippen LogP contribution >= 0.6 is 0 Å². The molecule has 13 aromatic rings. The smallest absolute Gasteiger partial charge is 0.179 e. The van der Waals surface area contributed by atoms with Crippen LogP contribution in [0.5, 0.6) is 0 Å². The Morgan fingerprint density at radius 1 is 0.312 bits per heavy atom. The van der Waals surface area contributed by atoms with Gasteiger partial charge in [0.25, 0.3) is 0 Å². The molecule has 0 atom stereocenters. The number of anilines is 6. The third-order valence-electron chi connectivity index (χ3n) is 17.1. The highest BCUT2D eigenvalue weighted by atomic mass is 16.4. The van der Waals surface area contributed by atoms with Crippen LogP contribution in [0, 0.1) is 41.5 Å². The first-order chi connectivity index (χ1) is 38.4. The maximum Gasteiger partial charge on any atom is 0.179 e. The second kappa shape index (κ2) is 18.9. The van der Waals surface area contributed by atoms with Crippen LogP contribution in [-0.4, -0.2) is 0 Å². The van der Waals surface area contributed by atoms with Gasteiger partial charge in [0, 0.05) is 66.8 Å². The summed E-state index contributed by atoms with van der Waals surface area (Å²) >= 11 is 0. The molecule has 13 rings (SSSR count). The molecule has 4 heteroatoms. The Kier molecular flexibility index (Phi) is 12.0. The van der Waals surface area contributed by atoms with E-state index >= 15 is 0 Å². The minimum atomic E-state index is -0.0135. The van der Waals surface area contributed by atoms with E-state index < -0.39 is 0 Å². The summed E-state index contributed by atoms with van der Waals surface area (Å²) in [6.07, 6.45) is 0. The summed E-state index contributed by atoms with van der Waals surface area (Å²) in [5.41, 5.74) is 24.5. The van der Waals surface area contributed by atoms with Crippen LogP contribution in [0.15, 0.2) is 203 Å². The summed E-state index contributed by atoms with van der Waals surface area (Å²) in [7, 11) is 0. The normalized spacial score (nSPS) is 12.2. The highest BCUT2D eigenvalue weighted by Crippen LogP contribution is 2.52. The van der Waals surface area contributed by atoms with Crippen molar-refractivity contribution in [3.63, 3.8) is 0 Å². The fourth-order valence-electron chi connectivity index (χ4n) is 12.2. The van der Waals surface area contributed by atoms with Crippen LogP contribution < -0.4 is 9.80 Å². The number of aryl methyl sites for hydroxylation is 4. The molecule has 2 aromatic heterocycles. The molecule has 0 fully saturated rings. The molecule has 4 nitrogen and oxygen atoms in total. The molecule has 0 aliphatic carbocycles. The van der Waals surface area contributed by atoms with Gasteiger partial charge in [-0.2, -0.15) is 0 Å². The van der Waals surface area contributed by atoms with Gasteiger partial charge in [-0.15, -0.1) is 0 Å². The van der Waals surface area contributed by atoms with Gasteiger partial charge in [-0.05, 0) is 227 Å². The number of nitrogens with zero attached hydrogens (tertiary/aromatic N) is 2. The van der Waals surface area contributed by atoms with Crippen LogP contribution in [0.25, 0.3) is 87.7 Å². The Bertz CT molecular complexity index is 4280. The van der Waals surface area contributed by atoms with Gasteiger partial charge >= 0.3 is 0 Å². The zero-order valence-electron chi connectivity index (χ0n) is 48.2. The van der Waals surface area contributed by atoms with Gasteiger partial charge < -0.3 is 18.6 Å². The lowest BCUT2D eigenvalue weighted by atomic mass is 9.86. The van der Waals surface area contributed by atoms with Crippen molar-refractivity contribution in [2.75, 3.05) is 9.80 Å². The van der Waals surface area contributed by atoms with Crippen LogP contribution in [0.4, 0.5) is 34.1 Å². The number of furan rings is 2. The molecule has 0 unspecified atom stereocenters. The predicted octanol–water partition coefficient (Wildman–Crippen LogP) is 22.5. The third-order valence-corrected chi connectivity index (χ3v) is 17.1. The molecule has 0 aliphatic rings. The molecule has 2 heterocycles. The van der Waals surface area contributed by atoms with Crippen molar-refractivity contribution in [1.29, 1.82) is 0 Å². The van der Waals surface area contributed by atoms with E-state index in [0.717, 1.165) is 122 Å². The number of rotatable bonds is 8. The highest BCUT2D eigenvalue weighted by molar-refractivity contribution is 6.31. The molecular weight excluding hydrogens is 973 g/mol. The Morgan fingerprint density at radius 2 is 0.675 bits per heavy atom. The first-order valence-electron chi connectivity index (χ1n) is 28.2. The Balaban J connectivity index is 1.05. The molecule has 394 valence electrons. The summed E-state index contributed by atoms with van der Waals surface area (Å²) < 4.78 is 14.6. The van der Waals surface area contributed by atoms with Gasteiger partial charge in [-0.1, -0.05) is 139 Å². The molecule has 80 heavy (non-hydrogen) atoms. The summed E-state index contributed by atoms with van der Waals surface area (Å²) in [4.78, 5) is 4.82. The van der Waals surface area contributed by atoms with Crippen molar-refractivity contribution in [3.8, 4) is 22.3 Å². The zero-order valence-corrected chi connectivity index (χ0v) is 48.2. The standard InChI is InChI=1S/C76H68N2O2/c1-45-33-63(34-46(2)49(45)5)77(59-27-19-25-57(43-59)75(7,8)9)61-31-29-53-39-65-67(41-55(53)37-61)79-73-71(65)69(51-21-15-13-16-22-51)70(52-23-17-14-18-24-52)72-66-40-54-30-32-62(38-56(54)42-68(66)80-74(72)73)78(64-35-47(3)50(6)48(4)36-64)60-28-20-26-58(44-60)76(10,11)12/h13-44H,1-12H3. The van der Waals surface area contributed by atoms with Crippen LogP contribution in [0.3, 0.4) is 0 Å². The summed E-state index contributed by atoms with van der Waals surface area (Å²) in [6, 6.07) is 71.9. The van der Waals surface area contributed by atoms with Crippen molar-refractivity contribution in [1.82, 2.24) is 0 Å². The monoisotopic (exact) mass is 1040 g/mol. The fourth-order valence-corrected chi connectivity index (χ4v) is 12.2. The fraction of sp³-hybridized carbons (Fsp3) is 0.184. The highest BCUT2D eigenvalue weighted by Gasteiger charge is 2.28. The molecule has 0 N–H and O–H groups in total. The third kappa shape index (κ3) is 8.61. The van der Waals surface area contributed by atoms with E-state index in [1.807, 2.05) is 0 Å². The first kappa shape index (κ1) is 50.6. The van der Waals surface area contributed by atoms with Gasteiger partial charge in [0.15, 0.2) is 11.2 Å². The molecule has 0 spiro atoms. The lowest BCUT2D eigenvalue weighted by Gasteiger charge is -2.29. The maximum atomic E-state index is 7.32. The van der Waals surface area contributed by atoms with E-state index in [1.54, 1.807) is 0 Å². The number of benzene rings is 11. The van der Waals surface area contributed by atoms with Crippen LogP contribution in [0.1, 0.15) is 86.1 Å². The Hall–Kier alpha value is -8.86. The average molecular weight is 1040 g/mol. The largest absolute Gasteiger partial charge is 0.452 e. The minimum absolute atomic E-state index is 0.0135. The van der Waals surface area contributed by atoms with E-state index in [-0.39, 0.29) is 10.8 Å². The van der Waals surface area contributed by atoms with E-state index in [4.69, 9.17) is 8.83 Å². The number of fused-ring (bicyclic) bond motifs is 9. The van der Waals surface area contributed by atoms with Crippen LogP contribution in [-0.2, 0) is 10.8 Å². The Labute approximate surface area is 470 Å². The van der Waals surface area contributed by atoms with Crippen molar-refractivity contribution < 1.29 is 8.83 Å². The molecule has 0 saturated carbocycles. The van der Waals surface area contributed by atoms with E-state index in [9.17, 15) is 0 Å². The molecule has 0 radical (unpaired) electrons.